The van der Waals surface area contributed by atoms with Crippen LogP contribution in [0.3, 0.4) is 0 Å². The van der Waals surface area contributed by atoms with E-state index in [2.05, 4.69) is 0 Å². The highest BCUT2D eigenvalue weighted by Gasteiger charge is 2.29. The third-order valence-corrected chi connectivity index (χ3v) is 3.11. The molecule has 0 amide bonds. The minimum atomic E-state index is -1.48. The van der Waals surface area contributed by atoms with Crippen molar-refractivity contribution in [1.29, 1.82) is 0 Å². The first kappa shape index (κ1) is 13.9. The van der Waals surface area contributed by atoms with Gasteiger partial charge in [-0.2, -0.15) is 0 Å². The van der Waals surface area contributed by atoms with Crippen LogP contribution >= 0.6 is 0 Å². The molecule has 0 spiro atoms. The third-order valence-electron chi connectivity index (χ3n) is 3.11. The summed E-state index contributed by atoms with van der Waals surface area (Å²) in [5.74, 6) is -4.83. The van der Waals surface area contributed by atoms with Gasteiger partial charge in [0.05, 0.1) is 6.42 Å². The molecule has 0 unspecified atom stereocenters. The van der Waals surface area contributed by atoms with E-state index in [-0.39, 0.29) is 19.0 Å². The summed E-state index contributed by atoms with van der Waals surface area (Å²) in [5.41, 5.74) is 0.314. The van der Waals surface area contributed by atoms with Crippen LogP contribution in [0, 0.1) is 17.5 Å². The molecule has 1 aromatic rings. The van der Waals surface area contributed by atoms with E-state index in [4.69, 9.17) is 5.11 Å². The summed E-state index contributed by atoms with van der Waals surface area (Å²) in [4.78, 5) is 12.4. The zero-order valence-electron chi connectivity index (χ0n) is 10.2. The third kappa shape index (κ3) is 3.70. The second kappa shape index (κ2) is 5.61. The molecule has 0 aromatic heterocycles. The van der Waals surface area contributed by atoms with Crippen LogP contribution in [-0.2, 0) is 11.3 Å². The van der Waals surface area contributed by atoms with Gasteiger partial charge in [-0.3, -0.25) is 9.69 Å². The number of halogens is 3. The fourth-order valence-corrected chi connectivity index (χ4v) is 2.00. The minimum Gasteiger partial charge on any atom is -0.481 e. The topological polar surface area (TPSA) is 40.5 Å². The molecule has 1 fully saturated rings. The summed E-state index contributed by atoms with van der Waals surface area (Å²) < 4.78 is 39.0. The summed E-state index contributed by atoms with van der Waals surface area (Å²) >= 11 is 0. The summed E-state index contributed by atoms with van der Waals surface area (Å²) in [6.45, 7) is 0.548. The summed E-state index contributed by atoms with van der Waals surface area (Å²) in [6.07, 6.45) is 1.88. The van der Waals surface area contributed by atoms with Crippen LogP contribution in [0.1, 0.15) is 24.8 Å². The fraction of sp³-hybridized carbons (Fsp3) is 0.462. The van der Waals surface area contributed by atoms with Gasteiger partial charge in [-0.25, -0.2) is 13.2 Å². The Bertz CT molecular complexity index is 466. The number of rotatable bonds is 6. The smallest absolute Gasteiger partial charge is 0.304 e. The number of hydrogen-bond acceptors (Lipinski definition) is 2. The van der Waals surface area contributed by atoms with Gasteiger partial charge in [0.1, 0.15) is 0 Å². The van der Waals surface area contributed by atoms with Crippen molar-refractivity contribution in [2.24, 2.45) is 0 Å². The first-order chi connectivity index (χ1) is 8.97. The molecule has 0 heterocycles. The summed E-state index contributed by atoms with van der Waals surface area (Å²) in [7, 11) is 0. The van der Waals surface area contributed by atoms with Gasteiger partial charge in [-0.1, -0.05) is 0 Å². The zero-order chi connectivity index (χ0) is 14.0. The Morgan fingerprint density at radius 1 is 1.26 bits per heavy atom. The molecule has 104 valence electrons. The molecule has 3 nitrogen and oxygen atoms in total. The van der Waals surface area contributed by atoms with E-state index >= 15 is 0 Å². The molecular weight excluding hydrogens is 259 g/mol. The molecule has 1 aliphatic rings. The summed E-state index contributed by atoms with van der Waals surface area (Å²) in [5, 5.41) is 8.66. The van der Waals surface area contributed by atoms with Gasteiger partial charge in [0.2, 0.25) is 0 Å². The van der Waals surface area contributed by atoms with Crippen molar-refractivity contribution in [3.8, 4) is 0 Å². The second-order valence-corrected chi connectivity index (χ2v) is 4.72. The maximum atomic E-state index is 13.1. The molecule has 0 bridgehead atoms. The molecule has 1 aromatic carbocycles. The van der Waals surface area contributed by atoms with Gasteiger partial charge in [0.25, 0.3) is 0 Å². The summed E-state index contributed by atoms with van der Waals surface area (Å²) in [6, 6.07) is 2.17. The van der Waals surface area contributed by atoms with E-state index < -0.39 is 23.4 Å². The highest BCUT2D eigenvalue weighted by Crippen LogP contribution is 2.28. The van der Waals surface area contributed by atoms with E-state index in [9.17, 15) is 18.0 Å². The van der Waals surface area contributed by atoms with Crippen LogP contribution in [0.25, 0.3) is 0 Å². The SMILES string of the molecule is O=C(O)CCN(Cc1cc(F)c(F)c(F)c1)C1CC1. The number of carboxylic acid groups (broad SMARTS) is 1. The predicted octanol–water partition coefficient (Wildman–Crippen LogP) is 2.54. The molecule has 0 radical (unpaired) electrons. The number of aliphatic carboxylic acids is 1. The molecular formula is C13H14F3NO2. The Labute approximate surface area is 108 Å². The molecule has 1 N–H and O–H groups in total. The van der Waals surface area contributed by atoms with Gasteiger partial charge in [-0.05, 0) is 30.5 Å². The molecule has 1 aliphatic carbocycles. The van der Waals surface area contributed by atoms with Crippen molar-refractivity contribution in [2.75, 3.05) is 6.54 Å². The fourth-order valence-electron chi connectivity index (χ4n) is 2.00. The van der Waals surface area contributed by atoms with E-state index in [0.29, 0.717) is 12.1 Å². The van der Waals surface area contributed by atoms with Gasteiger partial charge >= 0.3 is 5.97 Å². The van der Waals surface area contributed by atoms with Gasteiger partial charge in [0, 0.05) is 19.1 Å². The molecule has 2 rings (SSSR count). The van der Waals surface area contributed by atoms with E-state index in [1.807, 2.05) is 4.90 Å². The lowest BCUT2D eigenvalue weighted by Crippen LogP contribution is -2.28. The quantitative estimate of drug-likeness (QED) is 0.810. The Kier molecular flexibility index (Phi) is 4.09. The normalized spacial score (nSPS) is 14.9. The largest absolute Gasteiger partial charge is 0.481 e. The number of nitrogens with zero attached hydrogens (tertiary/aromatic N) is 1. The maximum Gasteiger partial charge on any atom is 0.304 e. The maximum absolute atomic E-state index is 13.1. The molecule has 1 saturated carbocycles. The van der Waals surface area contributed by atoms with Crippen molar-refractivity contribution in [3.63, 3.8) is 0 Å². The lowest BCUT2D eigenvalue weighted by Gasteiger charge is -2.21. The van der Waals surface area contributed by atoms with Crippen LogP contribution in [-0.4, -0.2) is 28.6 Å². The van der Waals surface area contributed by atoms with Gasteiger partial charge < -0.3 is 5.11 Å². The number of carbonyl (C=O) groups is 1. The van der Waals surface area contributed by atoms with Crippen molar-refractivity contribution in [3.05, 3.63) is 35.1 Å². The number of carboxylic acids is 1. The van der Waals surface area contributed by atoms with E-state index in [1.54, 1.807) is 0 Å². The Hall–Kier alpha value is -1.56. The molecule has 0 atom stereocenters. The lowest BCUT2D eigenvalue weighted by atomic mass is 10.2. The average Bonchev–Trinajstić information content (AvgIpc) is 3.15. The van der Waals surface area contributed by atoms with Crippen molar-refractivity contribution >= 4 is 5.97 Å². The number of hydrogen-bond donors (Lipinski definition) is 1. The monoisotopic (exact) mass is 273 g/mol. The molecule has 0 saturated heterocycles. The van der Waals surface area contributed by atoms with Crippen molar-refractivity contribution in [1.82, 2.24) is 4.90 Å². The molecule has 19 heavy (non-hydrogen) atoms. The number of benzene rings is 1. The van der Waals surface area contributed by atoms with Crippen LogP contribution in [0.2, 0.25) is 0 Å². The Morgan fingerprint density at radius 3 is 2.32 bits per heavy atom. The zero-order valence-corrected chi connectivity index (χ0v) is 10.2. The lowest BCUT2D eigenvalue weighted by molar-refractivity contribution is -0.137. The molecule has 0 aliphatic heterocycles. The average molecular weight is 273 g/mol. The van der Waals surface area contributed by atoms with Crippen molar-refractivity contribution in [2.45, 2.75) is 31.8 Å². The minimum absolute atomic E-state index is 0.0251. The van der Waals surface area contributed by atoms with Gasteiger partial charge in [-0.15, -0.1) is 0 Å². The highest BCUT2D eigenvalue weighted by atomic mass is 19.2. The first-order valence-electron chi connectivity index (χ1n) is 6.06. The first-order valence-corrected chi connectivity index (χ1v) is 6.06. The second-order valence-electron chi connectivity index (χ2n) is 4.72. The standard InChI is InChI=1S/C13H14F3NO2/c14-10-5-8(6-11(15)13(10)16)7-17(9-1-2-9)4-3-12(18)19/h5-6,9H,1-4,7H2,(H,18,19). The van der Waals surface area contributed by atoms with Crippen LogP contribution in [0.5, 0.6) is 0 Å². The van der Waals surface area contributed by atoms with E-state index in [0.717, 1.165) is 25.0 Å². The van der Waals surface area contributed by atoms with E-state index in [1.165, 1.54) is 0 Å². The predicted molar refractivity (Wildman–Crippen MR) is 62.0 cm³/mol. The van der Waals surface area contributed by atoms with Crippen LogP contribution in [0.4, 0.5) is 13.2 Å². The van der Waals surface area contributed by atoms with Gasteiger partial charge in [0.15, 0.2) is 17.5 Å². The molecule has 6 heteroatoms. The van der Waals surface area contributed by atoms with Crippen molar-refractivity contribution < 1.29 is 23.1 Å². The highest BCUT2D eigenvalue weighted by molar-refractivity contribution is 5.66. The Morgan fingerprint density at radius 2 is 1.84 bits per heavy atom. The van der Waals surface area contributed by atoms with Crippen LogP contribution in [0.15, 0.2) is 12.1 Å². The Balaban J connectivity index is 2.06. The van der Waals surface area contributed by atoms with Crippen LogP contribution < -0.4 is 0 Å².